The van der Waals surface area contributed by atoms with Crippen LogP contribution in [-0.2, 0) is 16.9 Å². The summed E-state index contributed by atoms with van der Waals surface area (Å²) in [6.45, 7) is 0.398. The van der Waals surface area contributed by atoms with Crippen molar-refractivity contribution in [2.45, 2.75) is 75.3 Å². The Hall–Kier alpha value is -2.83. The first-order valence-corrected chi connectivity index (χ1v) is 14.3. The summed E-state index contributed by atoms with van der Waals surface area (Å²) < 4.78 is 3.85. The normalized spacial score (nSPS) is 39.7. The molecule has 6 aliphatic rings. The summed E-state index contributed by atoms with van der Waals surface area (Å²) in [6, 6.07) is -0.554. The summed E-state index contributed by atoms with van der Waals surface area (Å²) >= 11 is 6.32. The molecule has 3 aromatic heterocycles. The maximum Gasteiger partial charge on any atom is 0.229 e. The van der Waals surface area contributed by atoms with Crippen LogP contribution < -0.4 is 10.6 Å². The van der Waals surface area contributed by atoms with Crippen LogP contribution in [-0.4, -0.2) is 69.9 Å². The summed E-state index contributed by atoms with van der Waals surface area (Å²) in [5, 5.41) is 36.7. The first-order valence-electron chi connectivity index (χ1n) is 14.0. The van der Waals surface area contributed by atoms with E-state index in [9.17, 15) is 15.0 Å². The summed E-state index contributed by atoms with van der Waals surface area (Å²) in [5.74, 6) is 2.43. The number of nitrogens with one attached hydrogen (secondary N) is 2. The number of hydrogen-bond donors (Lipinski definition) is 4. The zero-order valence-corrected chi connectivity index (χ0v) is 22.4. The highest BCUT2D eigenvalue weighted by atomic mass is 35.5. The Morgan fingerprint density at radius 1 is 1.13 bits per heavy atom. The predicted octanol–water partition coefficient (Wildman–Crippen LogP) is 1.64. The Balaban J connectivity index is 1.05. The fourth-order valence-corrected chi connectivity index (χ4v) is 9.31. The lowest BCUT2D eigenvalue weighted by Crippen LogP contribution is -2.52. The zero-order valence-electron chi connectivity index (χ0n) is 21.7. The van der Waals surface area contributed by atoms with Crippen molar-refractivity contribution >= 4 is 34.5 Å². The minimum absolute atomic E-state index is 0.0327. The van der Waals surface area contributed by atoms with Gasteiger partial charge in [0.2, 0.25) is 11.2 Å². The van der Waals surface area contributed by atoms with Crippen LogP contribution in [0.5, 0.6) is 0 Å². The van der Waals surface area contributed by atoms with Crippen LogP contribution in [0, 0.1) is 29.1 Å². The van der Waals surface area contributed by atoms with Gasteiger partial charge in [0, 0.05) is 13.0 Å². The van der Waals surface area contributed by atoms with Crippen molar-refractivity contribution in [3.63, 3.8) is 0 Å². The zero-order chi connectivity index (χ0) is 26.7. The van der Waals surface area contributed by atoms with Crippen LogP contribution in [0.15, 0.2) is 12.5 Å². The van der Waals surface area contributed by atoms with Gasteiger partial charge < -0.3 is 25.4 Å². The van der Waals surface area contributed by atoms with Crippen LogP contribution in [0.1, 0.15) is 56.7 Å². The molecule has 3 heterocycles. The number of hydrogen-bond acceptors (Lipinski definition) is 9. The molecule has 6 fully saturated rings. The Morgan fingerprint density at radius 3 is 2.54 bits per heavy atom. The van der Waals surface area contributed by atoms with E-state index in [1.807, 2.05) is 0 Å². The molecule has 12 nitrogen and oxygen atoms in total. The lowest BCUT2D eigenvalue weighted by Gasteiger charge is -2.56. The van der Waals surface area contributed by atoms with Gasteiger partial charge in [0.05, 0.1) is 42.2 Å². The van der Waals surface area contributed by atoms with Gasteiger partial charge in [-0.15, -0.1) is 5.10 Å². The molecular weight excluding hydrogens is 522 g/mol. The SMILES string of the molecule is CNC(=O)[C@@]12C[C@@H]1[C@@H](n1cnc3c(NCc4cn(C56CC7CC(CC(C7)C5)C6)nn4)nc(Cl)nc31)[C@H](O)[C@@H]2O. The molecule has 206 valence electrons. The molecule has 0 aliphatic heterocycles. The molecule has 4 bridgehead atoms. The van der Waals surface area contributed by atoms with Crippen LogP contribution in [0.2, 0.25) is 5.28 Å². The van der Waals surface area contributed by atoms with Gasteiger partial charge in [-0.25, -0.2) is 9.67 Å². The molecule has 39 heavy (non-hydrogen) atoms. The number of fused-ring (bicyclic) bond motifs is 2. The Morgan fingerprint density at radius 2 is 1.85 bits per heavy atom. The second-order valence-electron chi connectivity index (χ2n) is 12.7. The number of halogens is 1. The number of carbonyl (C=O) groups excluding carboxylic acids is 1. The van der Waals surface area contributed by atoms with Crippen molar-refractivity contribution in [1.82, 2.24) is 39.8 Å². The lowest BCUT2D eigenvalue weighted by molar-refractivity contribution is -0.132. The predicted molar refractivity (Wildman–Crippen MR) is 139 cm³/mol. The average Bonchev–Trinajstić information content (AvgIpc) is 3.17. The number of rotatable bonds is 6. The van der Waals surface area contributed by atoms with E-state index < -0.39 is 23.7 Å². The van der Waals surface area contributed by atoms with Gasteiger partial charge >= 0.3 is 0 Å². The molecular formula is C26H32ClN9O3. The number of nitrogens with zero attached hydrogens (tertiary/aromatic N) is 7. The topological polar surface area (TPSA) is 156 Å². The minimum Gasteiger partial charge on any atom is -0.389 e. The fraction of sp³-hybridized carbons (Fsp3) is 0.692. The maximum absolute atomic E-state index is 12.5. The highest BCUT2D eigenvalue weighted by molar-refractivity contribution is 6.28. The first kappa shape index (κ1) is 24.0. The number of amides is 1. The van der Waals surface area contributed by atoms with Crippen molar-refractivity contribution in [2.24, 2.45) is 29.1 Å². The summed E-state index contributed by atoms with van der Waals surface area (Å²) in [4.78, 5) is 25.8. The monoisotopic (exact) mass is 553 g/mol. The van der Waals surface area contributed by atoms with E-state index in [-0.39, 0.29) is 22.6 Å². The van der Waals surface area contributed by atoms with Gasteiger partial charge in [-0.3, -0.25) is 4.79 Å². The summed E-state index contributed by atoms with van der Waals surface area (Å²) in [5.41, 5.74) is 0.869. The second-order valence-corrected chi connectivity index (χ2v) is 13.0. The van der Waals surface area contributed by atoms with Crippen molar-refractivity contribution in [3.05, 3.63) is 23.5 Å². The van der Waals surface area contributed by atoms with E-state index in [1.165, 1.54) is 45.6 Å². The molecule has 6 saturated carbocycles. The van der Waals surface area contributed by atoms with Gasteiger partial charge in [-0.2, -0.15) is 9.97 Å². The lowest BCUT2D eigenvalue weighted by atomic mass is 9.53. The molecule has 6 aliphatic carbocycles. The van der Waals surface area contributed by atoms with Crippen LogP contribution in [0.4, 0.5) is 5.82 Å². The van der Waals surface area contributed by atoms with Crippen molar-refractivity contribution in [3.8, 4) is 0 Å². The van der Waals surface area contributed by atoms with Gasteiger partial charge in [0.25, 0.3) is 0 Å². The molecule has 4 N–H and O–H groups in total. The summed E-state index contributed by atoms with van der Waals surface area (Å²) in [6.07, 6.45) is 9.58. The van der Waals surface area contributed by atoms with E-state index in [2.05, 4.69) is 46.8 Å². The molecule has 0 radical (unpaired) electrons. The number of aromatic nitrogens is 7. The quantitative estimate of drug-likeness (QED) is 0.333. The summed E-state index contributed by atoms with van der Waals surface area (Å²) in [7, 11) is 1.54. The van der Waals surface area contributed by atoms with Gasteiger partial charge in [-0.1, -0.05) is 5.21 Å². The van der Waals surface area contributed by atoms with Crippen LogP contribution in [0.3, 0.4) is 0 Å². The van der Waals surface area contributed by atoms with Gasteiger partial charge in [0.1, 0.15) is 11.8 Å². The highest BCUT2D eigenvalue weighted by Gasteiger charge is 2.75. The Bertz CT molecular complexity index is 1450. The van der Waals surface area contributed by atoms with E-state index in [4.69, 9.17) is 11.6 Å². The first-order chi connectivity index (χ1) is 18.8. The third-order valence-electron chi connectivity index (χ3n) is 10.5. The Kier molecular flexibility index (Phi) is 4.99. The van der Waals surface area contributed by atoms with Crippen LogP contribution in [0.25, 0.3) is 11.2 Å². The van der Waals surface area contributed by atoms with Crippen molar-refractivity contribution < 1.29 is 15.0 Å². The standard InChI is InChI=1S/C26H32ClN9O3/c1-28-23(39)26-8-16(26)18(19(37)20(26)38)35-11-30-17-21(31-24(27)32-22(17)35)29-9-15-10-36(34-33-15)25-5-12-2-13(6-25)4-14(3-12)7-25/h10-14,16,18-20,37-38H,2-9H2,1H3,(H,28,39)(H,29,31,32)/t12?,13?,14?,16-,18-,19+,20+,25?,26+/m1/s1. The molecule has 13 heteroatoms. The fourth-order valence-electron chi connectivity index (χ4n) is 9.15. The minimum atomic E-state index is -1.17. The molecule has 5 atom stereocenters. The molecule has 0 aromatic carbocycles. The van der Waals surface area contributed by atoms with E-state index >= 15 is 0 Å². The van der Waals surface area contributed by atoms with Gasteiger partial charge in [-0.05, 0) is 74.3 Å². The second kappa shape index (κ2) is 8.11. The Labute approximate surface area is 229 Å². The number of aliphatic hydroxyl groups is 2. The van der Waals surface area contributed by atoms with E-state index in [1.54, 1.807) is 10.9 Å². The third kappa shape index (κ3) is 3.31. The number of aliphatic hydroxyl groups excluding tert-OH is 2. The molecule has 9 rings (SSSR count). The van der Waals surface area contributed by atoms with E-state index in [0.717, 1.165) is 23.4 Å². The molecule has 3 aromatic rings. The number of carbonyl (C=O) groups is 1. The molecule has 0 spiro atoms. The van der Waals surface area contributed by atoms with Gasteiger partial charge in [0.15, 0.2) is 17.0 Å². The highest BCUT2D eigenvalue weighted by Crippen LogP contribution is 2.68. The van der Waals surface area contributed by atoms with Crippen molar-refractivity contribution in [2.75, 3.05) is 12.4 Å². The molecule has 0 unspecified atom stereocenters. The number of imidazole rings is 1. The van der Waals surface area contributed by atoms with Crippen molar-refractivity contribution in [1.29, 1.82) is 0 Å². The average molecular weight is 554 g/mol. The third-order valence-corrected chi connectivity index (χ3v) is 10.7. The maximum atomic E-state index is 12.5. The largest absolute Gasteiger partial charge is 0.389 e. The van der Waals surface area contributed by atoms with E-state index in [0.29, 0.717) is 29.9 Å². The molecule has 0 saturated heterocycles. The van der Waals surface area contributed by atoms with Crippen LogP contribution >= 0.6 is 11.6 Å². The number of anilines is 1. The molecule has 1 amide bonds. The smallest absolute Gasteiger partial charge is 0.229 e.